The van der Waals surface area contributed by atoms with Gasteiger partial charge < -0.3 is 9.80 Å². The number of aromatic nitrogens is 5. The molecule has 0 spiro atoms. The predicted molar refractivity (Wildman–Crippen MR) is 119 cm³/mol. The van der Waals surface area contributed by atoms with E-state index in [4.69, 9.17) is 0 Å². The molecule has 158 valence electrons. The number of pyridine rings is 2. The van der Waals surface area contributed by atoms with Crippen LogP contribution in [-0.2, 0) is 18.3 Å². The van der Waals surface area contributed by atoms with Crippen molar-refractivity contribution in [3.8, 4) is 11.1 Å². The third-order valence-corrected chi connectivity index (χ3v) is 5.81. The Labute approximate surface area is 180 Å². The van der Waals surface area contributed by atoms with E-state index in [9.17, 15) is 4.79 Å². The highest BCUT2D eigenvalue weighted by Gasteiger charge is 2.23. The minimum Gasteiger partial charge on any atom is -0.365 e. The van der Waals surface area contributed by atoms with Gasteiger partial charge in [0.05, 0.1) is 30.0 Å². The fourth-order valence-corrected chi connectivity index (χ4v) is 4.02. The van der Waals surface area contributed by atoms with Gasteiger partial charge in [0.2, 0.25) is 5.91 Å². The molecule has 8 nitrogen and oxygen atoms in total. The quantitative estimate of drug-likeness (QED) is 0.512. The molecule has 1 amide bonds. The maximum atomic E-state index is 12.7. The standard InChI is InChI=1S/C23H25N7O/c1-17-3-5-20(24-12-17)11-23(31)29-9-7-28(8-10-29)22-14-26-30-16-18(4-6-21(22)30)19-13-25-27(2)15-19/h3-6,12-16H,7-11H2,1-2H3. The summed E-state index contributed by atoms with van der Waals surface area (Å²) >= 11 is 0. The molecule has 0 aromatic carbocycles. The summed E-state index contributed by atoms with van der Waals surface area (Å²) in [6, 6.07) is 8.14. The van der Waals surface area contributed by atoms with Crippen molar-refractivity contribution < 1.29 is 4.79 Å². The lowest BCUT2D eigenvalue weighted by molar-refractivity contribution is -0.130. The molecule has 0 aliphatic carbocycles. The number of nitrogens with zero attached hydrogens (tertiary/aromatic N) is 7. The summed E-state index contributed by atoms with van der Waals surface area (Å²) in [6.45, 7) is 4.99. The Morgan fingerprint density at radius 3 is 2.48 bits per heavy atom. The van der Waals surface area contributed by atoms with Crippen molar-refractivity contribution >= 4 is 17.1 Å². The van der Waals surface area contributed by atoms with Gasteiger partial charge in [0.25, 0.3) is 0 Å². The molecule has 0 unspecified atom stereocenters. The molecule has 4 aromatic rings. The van der Waals surface area contributed by atoms with Gasteiger partial charge in [0.1, 0.15) is 0 Å². The molecule has 0 saturated carbocycles. The van der Waals surface area contributed by atoms with Crippen LogP contribution >= 0.6 is 0 Å². The largest absolute Gasteiger partial charge is 0.365 e. The number of aryl methyl sites for hydroxylation is 2. The molecule has 8 heteroatoms. The van der Waals surface area contributed by atoms with Gasteiger partial charge in [-0.2, -0.15) is 10.2 Å². The third-order valence-electron chi connectivity index (χ3n) is 5.81. The van der Waals surface area contributed by atoms with Crippen LogP contribution in [0.1, 0.15) is 11.3 Å². The molecule has 4 aromatic heterocycles. The normalized spacial score (nSPS) is 14.4. The van der Waals surface area contributed by atoms with E-state index in [1.54, 1.807) is 4.68 Å². The lowest BCUT2D eigenvalue weighted by Gasteiger charge is -2.35. The van der Waals surface area contributed by atoms with E-state index >= 15 is 0 Å². The first kappa shape index (κ1) is 19.3. The second kappa shape index (κ2) is 7.86. The van der Waals surface area contributed by atoms with Crippen LogP contribution < -0.4 is 4.90 Å². The molecule has 0 radical (unpaired) electrons. The van der Waals surface area contributed by atoms with Crippen molar-refractivity contribution in [2.75, 3.05) is 31.1 Å². The molecule has 5 heterocycles. The van der Waals surface area contributed by atoms with Crippen molar-refractivity contribution in [3.63, 3.8) is 0 Å². The lowest BCUT2D eigenvalue weighted by atomic mass is 10.1. The molecule has 0 N–H and O–H groups in total. The average molecular weight is 416 g/mol. The van der Waals surface area contributed by atoms with E-state index in [2.05, 4.69) is 32.2 Å². The van der Waals surface area contributed by atoms with Gasteiger partial charge >= 0.3 is 0 Å². The molecular weight excluding hydrogens is 390 g/mol. The maximum Gasteiger partial charge on any atom is 0.228 e. The van der Waals surface area contributed by atoms with Crippen molar-refractivity contribution in [1.82, 2.24) is 29.3 Å². The van der Waals surface area contributed by atoms with E-state index < -0.39 is 0 Å². The second-order valence-electron chi connectivity index (χ2n) is 8.05. The minimum atomic E-state index is 0.136. The summed E-state index contributed by atoms with van der Waals surface area (Å²) in [7, 11) is 1.91. The highest BCUT2D eigenvalue weighted by Crippen LogP contribution is 2.26. The first-order valence-corrected chi connectivity index (χ1v) is 10.5. The molecular formula is C23H25N7O. The molecule has 31 heavy (non-hydrogen) atoms. The zero-order chi connectivity index (χ0) is 21.4. The summed E-state index contributed by atoms with van der Waals surface area (Å²) in [5.41, 5.74) is 6.24. The van der Waals surface area contributed by atoms with Gasteiger partial charge in [0, 0.05) is 68.6 Å². The molecule has 1 fully saturated rings. The Morgan fingerprint density at radius 1 is 0.935 bits per heavy atom. The van der Waals surface area contributed by atoms with Crippen molar-refractivity contribution in [2.45, 2.75) is 13.3 Å². The second-order valence-corrected chi connectivity index (χ2v) is 8.05. The summed E-state index contributed by atoms with van der Waals surface area (Å²) in [6.07, 6.45) is 9.96. The highest BCUT2D eigenvalue weighted by molar-refractivity contribution is 5.79. The number of anilines is 1. The van der Waals surface area contributed by atoms with Crippen LogP contribution in [0.5, 0.6) is 0 Å². The Bertz CT molecular complexity index is 1220. The van der Waals surface area contributed by atoms with E-state index in [-0.39, 0.29) is 5.91 Å². The number of rotatable bonds is 4. The average Bonchev–Trinajstić information content (AvgIpc) is 3.41. The number of carbonyl (C=O) groups is 1. The number of carbonyl (C=O) groups excluding carboxylic acids is 1. The zero-order valence-corrected chi connectivity index (χ0v) is 17.8. The van der Waals surface area contributed by atoms with Gasteiger partial charge in [-0.15, -0.1) is 0 Å². The lowest BCUT2D eigenvalue weighted by Crippen LogP contribution is -2.49. The molecule has 1 aliphatic rings. The van der Waals surface area contributed by atoms with E-state index in [0.29, 0.717) is 19.5 Å². The fraction of sp³-hybridized carbons (Fsp3) is 0.304. The van der Waals surface area contributed by atoms with Gasteiger partial charge in [-0.3, -0.25) is 14.5 Å². The van der Waals surface area contributed by atoms with Crippen molar-refractivity contribution in [2.24, 2.45) is 7.05 Å². The Kier molecular flexibility index (Phi) is 4.89. The molecule has 5 rings (SSSR count). The van der Waals surface area contributed by atoms with Gasteiger partial charge in [-0.1, -0.05) is 12.1 Å². The summed E-state index contributed by atoms with van der Waals surface area (Å²) in [5, 5.41) is 8.81. The van der Waals surface area contributed by atoms with Crippen molar-refractivity contribution in [1.29, 1.82) is 0 Å². The predicted octanol–water partition coefficient (Wildman–Crippen LogP) is 2.33. The van der Waals surface area contributed by atoms with Crippen LogP contribution in [0, 0.1) is 6.92 Å². The summed E-state index contributed by atoms with van der Waals surface area (Å²) < 4.78 is 3.71. The monoisotopic (exact) mass is 415 g/mol. The van der Waals surface area contributed by atoms with E-state index in [1.807, 2.05) is 66.5 Å². The SMILES string of the molecule is Cc1ccc(CC(=O)N2CCN(c3cnn4cc(-c5cnn(C)c5)ccc34)CC2)nc1. The molecule has 1 saturated heterocycles. The molecule has 0 atom stereocenters. The minimum absolute atomic E-state index is 0.136. The van der Waals surface area contributed by atoms with Gasteiger partial charge in [-0.05, 0) is 24.6 Å². The fourth-order valence-electron chi connectivity index (χ4n) is 4.02. The van der Waals surface area contributed by atoms with Crippen LogP contribution in [0.2, 0.25) is 0 Å². The Morgan fingerprint density at radius 2 is 1.77 bits per heavy atom. The van der Waals surface area contributed by atoms with Crippen LogP contribution in [0.25, 0.3) is 16.6 Å². The van der Waals surface area contributed by atoms with Gasteiger partial charge in [-0.25, -0.2) is 4.52 Å². The Hall–Kier alpha value is -3.68. The third kappa shape index (κ3) is 3.88. The van der Waals surface area contributed by atoms with Crippen LogP contribution in [0.15, 0.2) is 55.2 Å². The number of fused-ring (bicyclic) bond motifs is 1. The molecule has 1 aliphatic heterocycles. The number of hydrogen-bond acceptors (Lipinski definition) is 5. The Balaban J connectivity index is 1.26. The van der Waals surface area contributed by atoms with E-state index in [1.165, 1.54) is 0 Å². The summed E-state index contributed by atoms with van der Waals surface area (Å²) in [4.78, 5) is 21.3. The number of amides is 1. The van der Waals surface area contributed by atoms with E-state index in [0.717, 1.165) is 46.7 Å². The van der Waals surface area contributed by atoms with Crippen LogP contribution in [-0.4, -0.2) is 61.4 Å². The maximum absolute atomic E-state index is 12.7. The number of hydrogen-bond donors (Lipinski definition) is 0. The molecule has 0 bridgehead atoms. The first-order chi connectivity index (χ1) is 15.1. The number of piperazine rings is 1. The highest BCUT2D eigenvalue weighted by atomic mass is 16.2. The van der Waals surface area contributed by atoms with Crippen molar-refractivity contribution in [3.05, 3.63) is 66.5 Å². The van der Waals surface area contributed by atoms with Crippen LogP contribution in [0.3, 0.4) is 0 Å². The zero-order valence-electron chi connectivity index (χ0n) is 17.8. The summed E-state index contributed by atoms with van der Waals surface area (Å²) in [5.74, 6) is 0.136. The topological polar surface area (TPSA) is 71.6 Å². The van der Waals surface area contributed by atoms with Gasteiger partial charge in [0.15, 0.2) is 0 Å². The smallest absolute Gasteiger partial charge is 0.228 e. The van der Waals surface area contributed by atoms with Crippen LogP contribution in [0.4, 0.5) is 5.69 Å². The first-order valence-electron chi connectivity index (χ1n) is 10.5.